The average Bonchev–Trinajstić information content (AvgIpc) is 3.36. The lowest BCUT2D eigenvalue weighted by Crippen LogP contribution is -2.07. The van der Waals surface area contributed by atoms with Crippen LogP contribution in [-0.2, 0) is 9.59 Å². The second-order valence-corrected chi connectivity index (χ2v) is 7.83. The lowest BCUT2D eigenvalue weighted by atomic mass is 9.99. The summed E-state index contributed by atoms with van der Waals surface area (Å²) in [7, 11) is 0. The van der Waals surface area contributed by atoms with Crippen LogP contribution in [0.5, 0.6) is 17.2 Å². The maximum Gasteiger partial charge on any atom is 0.344 e. The summed E-state index contributed by atoms with van der Waals surface area (Å²) in [6.45, 7) is 2.50. The first-order chi connectivity index (χ1) is 16.2. The van der Waals surface area contributed by atoms with Gasteiger partial charge in [-0.3, -0.25) is 0 Å². The van der Waals surface area contributed by atoms with Gasteiger partial charge in [0.25, 0.3) is 0 Å². The third-order valence-corrected chi connectivity index (χ3v) is 5.95. The number of esters is 2. The molecule has 4 aromatic carbocycles. The van der Waals surface area contributed by atoms with Gasteiger partial charge in [0.1, 0.15) is 17.2 Å². The molecule has 0 amide bonds. The summed E-state index contributed by atoms with van der Waals surface area (Å²) in [4.78, 5) is 25.5. The first kappa shape index (κ1) is 19.3. The predicted octanol–water partition coefficient (Wildman–Crippen LogP) is 3.47. The van der Waals surface area contributed by atoms with Gasteiger partial charge in [-0.2, -0.15) is 0 Å². The Morgan fingerprint density at radius 2 is 1.15 bits per heavy atom. The summed E-state index contributed by atoms with van der Waals surface area (Å²) in [5.41, 5.74) is 2.60. The van der Waals surface area contributed by atoms with Crippen LogP contribution in [0.2, 0.25) is 0 Å². The van der Waals surface area contributed by atoms with Gasteiger partial charge in [0.15, 0.2) is 0 Å². The van der Waals surface area contributed by atoms with E-state index < -0.39 is 5.97 Å². The van der Waals surface area contributed by atoms with E-state index in [1.165, 1.54) is 0 Å². The predicted molar refractivity (Wildman–Crippen MR) is 124 cm³/mol. The first-order valence-corrected chi connectivity index (χ1v) is 10.7. The molecule has 0 fully saturated rings. The summed E-state index contributed by atoms with van der Waals surface area (Å²) >= 11 is 0. The number of hydrogen-bond donors (Lipinski definition) is 0. The molecule has 6 rings (SSSR count). The summed E-state index contributed by atoms with van der Waals surface area (Å²) in [6.07, 6.45) is 0. The number of carbonyl (C=O) groups is 2. The molecule has 33 heavy (non-hydrogen) atoms. The minimum absolute atomic E-state index is 0.386. The van der Waals surface area contributed by atoms with Crippen molar-refractivity contribution in [3.8, 4) is 17.2 Å². The van der Waals surface area contributed by atoms with E-state index in [9.17, 15) is 9.59 Å². The van der Waals surface area contributed by atoms with Gasteiger partial charge in [0.05, 0.1) is 17.8 Å². The standard InChI is InChI=1S/C28H18O5/c1-2-31-18-10-8-17(9-11-18)24-22-15-13-19-20(26(22)33-28(24)30)12-14-21-23(27(29)32-25(19)21)16-6-4-3-5-7-16/h3-15H,2H2,1H3. The largest absolute Gasteiger partial charge is 0.494 e. The van der Waals surface area contributed by atoms with Crippen LogP contribution in [0.3, 0.4) is 0 Å². The summed E-state index contributed by atoms with van der Waals surface area (Å²) < 4.78 is 16.9. The number of hydrogen-bond acceptors (Lipinski definition) is 5. The van der Waals surface area contributed by atoms with Crippen molar-refractivity contribution < 1.29 is 23.8 Å². The van der Waals surface area contributed by atoms with Crippen LogP contribution in [0.4, 0.5) is 0 Å². The molecule has 0 spiro atoms. The zero-order valence-corrected chi connectivity index (χ0v) is 17.8. The van der Waals surface area contributed by atoms with Crippen LogP contribution in [0.1, 0.15) is 18.1 Å². The highest BCUT2D eigenvalue weighted by molar-refractivity contribution is 6.23. The zero-order valence-electron chi connectivity index (χ0n) is 17.8. The molecule has 5 nitrogen and oxygen atoms in total. The van der Waals surface area contributed by atoms with Gasteiger partial charge >= 0.3 is 11.9 Å². The summed E-state index contributed by atoms with van der Waals surface area (Å²) in [5, 5.41) is 2.90. The molecule has 0 saturated carbocycles. The molecule has 0 saturated heterocycles. The van der Waals surface area contributed by atoms with Crippen molar-refractivity contribution in [2.75, 3.05) is 6.61 Å². The van der Waals surface area contributed by atoms with Gasteiger partial charge in [0, 0.05) is 21.2 Å². The Bertz CT molecular complexity index is 1580. The minimum Gasteiger partial charge on any atom is -0.494 e. The molecule has 2 heterocycles. The van der Waals surface area contributed by atoms with Gasteiger partial charge < -0.3 is 14.2 Å². The highest BCUT2D eigenvalue weighted by atomic mass is 16.5. The lowest BCUT2D eigenvalue weighted by molar-refractivity contribution is -0.128. The molecule has 0 N–H and O–H groups in total. The Morgan fingerprint density at radius 1 is 0.636 bits per heavy atom. The fourth-order valence-corrected chi connectivity index (χ4v) is 4.51. The molecule has 0 atom stereocenters. The van der Waals surface area contributed by atoms with E-state index in [-0.39, 0.29) is 5.97 Å². The van der Waals surface area contributed by atoms with Crippen molar-refractivity contribution in [3.63, 3.8) is 0 Å². The molecule has 5 heteroatoms. The van der Waals surface area contributed by atoms with E-state index in [0.717, 1.165) is 32.9 Å². The third kappa shape index (κ3) is 2.93. The molecular weight excluding hydrogens is 416 g/mol. The van der Waals surface area contributed by atoms with Gasteiger partial charge in [0.2, 0.25) is 0 Å². The Morgan fingerprint density at radius 3 is 1.67 bits per heavy atom. The van der Waals surface area contributed by atoms with Crippen molar-refractivity contribution in [1.82, 2.24) is 0 Å². The van der Waals surface area contributed by atoms with E-state index in [1.54, 1.807) is 0 Å². The Labute approximate surface area is 189 Å². The molecular formula is C28H18O5. The molecule has 0 unspecified atom stereocenters. The second-order valence-electron chi connectivity index (χ2n) is 7.83. The minimum atomic E-state index is -0.407. The number of carbonyl (C=O) groups excluding carboxylic acids is 2. The van der Waals surface area contributed by atoms with E-state index in [4.69, 9.17) is 14.2 Å². The molecule has 0 bridgehead atoms. The van der Waals surface area contributed by atoms with Crippen LogP contribution in [0.15, 0.2) is 78.9 Å². The highest BCUT2D eigenvalue weighted by Crippen LogP contribution is 2.35. The molecule has 2 aliphatic rings. The fraction of sp³-hybridized carbons (Fsp3) is 0.0714. The molecule has 0 aliphatic carbocycles. The quantitative estimate of drug-likeness (QED) is 0.364. The maximum atomic E-state index is 12.8. The van der Waals surface area contributed by atoms with Gasteiger partial charge in [-0.15, -0.1) is 0 Å². The molecule has 0 aromatic heterocycles. The number of rotatable bonds is 4. The molecule has 0 radical (unpaired) electrons. The second kappa shape index (κ2) is 7.35. The van der Waals surface area contributed by atoms with Crippen LogP contribution in [0, 0.1) is 0 Å². The van der Waals surface area contributed by atoms with E-state index in [0.29, 0.717) is 34.5 Å². The normalized spacial score (nSPS) is 14.2. The van der Waals surface area contributed by atoms with Crippen LogP contribution < -0.4 is 24.6 Å². The summed E-state index contributed by atoms with van der Waals surface area (Å²) in [6, 6.07) is 24.3. The van der Waals surface area contributed by atoms with Gasteiger partial charge in [-0.25, -0.2) is 9.59 Å². The maximum absolute atomic E-state index is 12.8. The Kier molecular flexibility index (Phi) is 4.30. The van der Waals surface area contributed by atoms with Gasteiger partial charge in [-0.05, 0) is 54.4 Å². The monoisotopic (exact) mass is 434 g/mol. The van der Waals surface area contributed by atoms with Crippen molar-refractivity contribution >= 4 is 33.9 Å². The average molecular weight is 434 g/mol. The highest BCUT2D eigenvalue weighted by Gasteiger charge is 2.30. The zero-order chi connectivity index (χ0) is 22.5. The van der Waals surface area contributed by atoms with Crippen LogP contribution in [0.25, 0.3) is 21.9 Å². The van der Waals surface area contributed by atoms with Crippen molar-refractivity contribution in [2.45, 2.75) is 6.92 Å². The van der Waals surface area contributed by atoms with E-state index in [2.05, 4.69) is 0 Å². The smallest absolute Gasteiger partial charge is 0.344 e. The van der Waals surface area contributed by atoms with E-state index in [1.807, 2.05) is 85.8 Å². The van der Waals surface area contributed by atoms with Crippen LogP contribution >= 0.6 is 0 Å². The van der Waals surface area contributed by atoms with Crippen molar-refractivity contribution in [1.29, 1.82) is 0 Å². The number of fused-ring (bicyclic) bond motifs is 5. The third-order valence-electron chi connectivity index (χ3n) is 5.95. The summed E-state index contributed by atoms with van der Waals surface area (Å²) in [5.74, 6) is 0.923. The van der Waals surface area contributed by atoms with Gasteiger partial charge in [-0.1, -0.05) is 42.5 Å². The lowest BCUT2D eigenvalue weighted by Gasteiger charge is -2.05. The molecule has 2 aliphatic heterocycles. The number of benzene rings is 4. The van der Waals surface area contributed by atoms with Crippen molar-refractivity contribution in [2.24, 2.45) is 0 Å². The molecule has 4 aromatic rings. The number of ether oxygens (including phenoxy) is 3. The first-order valence-electron chi connectivity index (χ1n) is 10.7. The van der Waals surface area contributed by atoms with E-state index >= 15 is 0 Å². The molecule has 160 valence electrons. The van der Waals surface area contributed by atoms with Crippen LogP contribution in [-0.4, -0.2) is 18.5 Å². The fourth-order valence-electron chi connectivity index (χ4n) is 4.51. The topological polar surface area (TPSA) is 61.8 Å². The van der Waals surface area contributed by atoms with Crippen molar-refractivity contribution in [3.05, 3.63) is 100 Å². The Hall–Kier alpha value is -4.38. The SMILES string of the molecule is CCOc1ccc(C2=c3ccc4c5c(ccc4c3OC2=O)=C(c2ccccc2)C(=O)O5)cc1. The Balaban J connectivity index is 1.56.